The molecule has 2 saturated carbocycles. The second kappa shape index (κ2) is 6.37. The lowest BCUT2D eigenvalue weighted by Crippen LogP contribution is -2.45. The van der Waals surface area contributed by atoms with Crippen LogP contribution in [0.3, 0.4) is 0 Å². The molecule has 0 spiro atoms. The van der Waals surface area contributed by atoms with Crippen LogP contribution in [0.25, 0.3) is 0 Å². The van der Waals surface area contributed by atoms with E-state index in [2.05, 4.69) is 5.32 Å². The quantitative estimate of drug-likeness (QED) is 0.714. The van der Waals surface area contributed by atoms with E-state index in [0.717, 1.165) is 32.1 Å². The lowest BCUT2D eigenvalue weighted by Gasteiger charge is -2.29. The van der Waals surface area contributed by atoms with E-state index < -0.39 is 17.8 Å². The van der Waals surface area contributed by atoms with Gasteiger partial charge in [-0.25, -0.2) is 0 Å². The molecule has 4 atom stereocenters. The number of aliphatic hydroxyl groups excluding tert-OH is 1. The SMILES string of the molecule is O=C(O)C1CCCCC1C(=O)NC1CCCC1CO. The summed E-state index contributed by atoms with van der Waals surface area (Å²) in [5, 5.41) is 21.4. The van der Waals surface area contributed by atoms with Gasteiger partial charge in [-0.2, -0.15) is 0 Å². The van der Waals surface area contributed by atoms with E-state index in [-0.39, 0.29) is 24.5 Å². The van der Waals surface area contributed by atoms with Crippen LogP contribution < -0.4 is 5.32 Å². The summed E-state index contributed by atoms with van der Waals surface area (Å²) in [6, 6.07) is 0.0221. The maximum Gasteiger partial charge on any atom is 0.307 e. The summed E-state index contributed by atoms with van der Waals surface area (Å²) in [6.07, 6.45) is 5.93. The van der Waals surface area contributed by atoms with E-state index in [1.165, 1.54) is 0 Å². The van der Waals surface area contributed by atoms with Crippen molar-refractivity contribution in [3.8, 4) is 0 Å². The molecule has 2 aliphatic carbocycles. The summed E-state index contributed by atoms with van der Waals surface area (Å²) in [7, 11) is 0. The predicted molar refractivity (Wildman–Crippen MR) is 69.4 cm³/mol. The van der Waals surface area contributed by atoms with Gasteiger partial charge in [0.15, 0.2) is 0 Å². The Morgan fingerprint density at radius 1 is 1.00 bits per heavy atom. The molecule has 2 aliphatic rings. The number of aliphatic hydroxyl groups is 1. The summed E-state index contributed by atoms with van der Waals surface area (Å²) in [5.74, 6) is -1.79. The number of aliphatic carboxylic acids is 1. The third-order valence-electron chi connectivity index (χ3n) is 4.64. The highest BCUT2D eigenvalue weighted by atomic mass is 16.4. The fraction of sp³-hybridized carbons (Fsp3) is 0.857. The smallest absolute Gasteiger partial charge is 0.307 e. The largest absolute Gasteiger partial charge is 0.481 e. The van der Waals surface area contributed by atoms with Crippen molar-refractivity contribution in [1.82, 2.24) is 5.32 Å². The zero-order valence-electron chi connectivity index (χ0n) is 11.2. The topological polar surface area (TPSA) is 86.6 Å². The molecule has 0 heterocycles. The Bertz CT molecular complexity index is 344. The van der Waals surface area contributed by atoms with Crippen LogP contribution in [0, 0.1) is 17.8 Å². The monoisotopic (exact) mass is 269 g/mol. The second-order valence-electron chi connectivity index (χ2n) is 5.82. The highest BCUT2D eigenvalue weighted by Crippen LogP contribution is 2.32. The van der Waals surface area contributed by atoms with Crippen LogP contribution in [0.2, 0.25) is 0 Å². The number of hydrogen-bond acceptors (Lipinski definition) is 3. The number of nitrogens with one attached hydrogen (secondary N) is 1. The highest BCUT2D eigenvalue weighted by molar-refractivity contribution is 5.85. The Balaban J connectivity index is 1.95. The molecule has 0 aromatic rings. The van der Waals surface area contributed by atoms with Crippen molar-refractivity contribution >= 4 is 11.9 Å². The Morgan fingerprint density at radius 3 is 2.32 bits per heavy atom. The molecule has 0 radical (unpaired) electrons. The Morgan fingerprint density at radius 2 is 1.68 bits per heavy atom. The van der Waals surface area contributed by atoms with E-state index in [4.69, 9.17) is 0 Å². The number of carboxylic acids is 1. The first-order valence-electron chi connectivity index (χ1n) is 7.27. The third-order valence-corrected chi connectivity index (χ3v) is 4.64. The summed E-state index contributed by atoms with van der Waals surface area (Å²) in [6.45, 7) is 0.0952. The van der Waals surface area contributed by atoms with Crippen LogP contribution in [-0.2, 0) is 9.59 Å². The van der Waals surface area contributed by atoms with Crippen LogP contribution in [-0.4, -0.2) is 34.7 Å². The predicted octanol–water partition coefficient (Wildman–Crippen LogP) is 1.15. The number of carboxylic acid groups (broad SMARTS) is 1. The zero-order chi connectivity index (χ0) is 13.8. The lowest BCUT2D eigenvalue weighted by atomic mass is 9.78. The first-order chi connectivity index (χ1) is 9.13. The normalized spacial score (nSPS) is 35.0. The van der Waals surface area contributed by atoms with Gasteiger partial charge < -0.3 is 15.5 Å². The van der Waals surface area contributed by atoms with Gasteiger partial charge in [0.2, 0.25) is 5.91 Å². The molecule has 1 amide bonds. The van der Waals surface area contributed by atoms with Gasteiger partial charge in [0.1, 0.15) is 0 Å². The standard InChI is InChI=1S/C14H23NO4/c16-8-9-4-3-7-12(9)15-13(17)10-5-1-2-6-11(10)14(18)19/h9-12,16H,1-8H2,(H,15,17)(H,18,19). The summed E-state index contributed by atoms with van der Waals surface area (Å²) < 4.78 is 0. The minimum atomic E-state index is -0.856. The van der Waals surface area contributed by atoms with Gasteiger partial charge in [-0.15, -0.1) is 0 Å². The number of amides is 1. The van der Waals surface area contributed by atoms with Crippen LogP contribution in [0.5, 0.6) is 0 Å². The lowest BCUT2D eigenvalue weighted by molar-refractivity contribution is -0.149. The van der Waals surface area contributed by atoms with Gasteiger partial charge >= 0.3 is 5.97 Å². The molecule has 19 heavy (non-hydrogen) atoms. The summed E-state index contributed by atoms with van der Waals surface area (Å²) in [4.78, 5) is 23.5. The molecule has 0 aliphatic heterocycles. The molecular formula is C14H23NO4. The van der Waals surface area contributed by atoms with E-state index in [9.17, 15) is 19.8 Å². The fourth-order valence-electron chi connectivity index (χ4n) is 3.48. The average molecular weight is 269 g/mol. The van der Waals surface area contributed by atoms with Crippen molar-refractivity contribution in [1.29, 1.82) is 0 Å². The van der Waals surface area contributed by atoms with Crippen molar-refractivity contribution in [3.63, 3.8) is 0 Å². The molecule has 5 nitrogen and oxygen atoms in total. The minimum absolute atomic E-state index is 0.0221. The van der Waals surface area contributed by atoms with Crippen molar-refractivity contribution in [2.24, 2.45) is 17.8 Å². The van der Waals surface area contributed by atoms with E-state index in [1.807, 2.05) is 0 Å². The molecule has 2 rings (SSSR count). The molecule has 2 fully saturated rings. The number of rotatable bonds is 4. The van der Waals surface area contributed by atoms with Gasteiger partial charge in [0.25, 0.3) is 0 Å². The maximum absolute atomic E-state index is 12.3. The molecule has 0 saturated heterocycles. The van der Waals surface area contributed by atoms with Crippen molar-refractivity contribution in [3.05, 3.63) is 0 Å². The highest BCUT2D eigenvalue weighted by Gasteiger charge is 2.37. The van der Waals surface area contributed by atoms with Gasteiger partial charge in [0, 0.05) is 18.6 Å². The average Bonchev–Trinajstić information content (AvgIpc) is 2.85. The second-order valence-corrected chi connectivity index (χ2v) is 5.82. The Kier molecular flexibility index (Phi) is 4.80. The Labute approximate surface area is 113 Å². The van der Waals surface area contributed by atoms with Crippen LogP contribution in [0.15, 0.2) is 0 Å². The fourth-order valence-corrected chi connectivity index (χ4v) is 3.48. The number of carbonyl (C=O) groups excluding carboxylic acids is 1. The Hall–Kier alpha value is -1.10. The minimum Gasteiger partial charge on any atom is -0.481 e. The molecule has 3 N–H and O–H groups in total. The van der Waals surface area contributed by atoms with Crippen molar-refractivity contribution in [2.75, 3.05) is 6.61 Å². The van der Waals surface area contributed by atoms with Crippen LogP contribution >= 0.6 is 0 Å². The van der Waals surface area contributed by atoms with E-state index in [1.54, 1.807) is 0 Å². The van der Waals surface area contributed by atoms with Gasteiger partial charge in [0.05, 0.1) is 11.8 Å². The van der Waals surface area contributed by atoms with Crippen molar-refractivity contribution in [2.45, 2.75) is 51.0 Å². The molecule has 0 aromatic heterocycles. The van der Waals surface area contributed by atoms with Crippen molar-refractivity contribution < 1.29 is 19.8 Å². The molecule has 0 bridgehead atoms. The number of carbonyl (C=O) groups is 2. The number of hydrogen-bond donors (Lipinski definition) is 3. The summed E-state index contributed by atoms with van der Waals surface area (Å²) >= 11 is 0. The van der Waals surface area contributed by atoms with Crippen LogP contribution in [0.1, 0.15) is 44.9 Å². The molecule has 0 aromatic carbocycles. The molecule has 4 unspecified atom stereocenters. The summed E-state index contributed by atoms with van der Waals surface area (Å²) in [5.41, 5.74) is 0. The molecule has 5 heteroatoms. The van der Waals surface area contributed by atoms with Gasteiger partial charge in [-0.1, -0.05) is 19.3 Å². The first kappa shape index (κ1) is 14.3. The molecule has 108 valence electrons. The van der Waals surface area contributed by atoms with Gasteiger partial charge in [-0.05, 0) is 25.7 Å². The van der Waals surface area contributed by atoms with E-state index in [0.29, 0.717) is 12.8 Å². The van der Waals surface area contributed by atoms with E-state index >= 15 is 0 Å². The third kappa shape index (κ3) is 3.26. The van der Waals surface area contributed by atoms with Gasteiger partial charge in [-0.3, -0.25) is 9.59 Å². The van der Waals surface area contributed by atoms with Crippen LogP contribution in [0.4, 0.5) is 0 Å². The molecular weight excluding hydrogens is 246 g/mol. The zero-order valence-corrected chi connectivity index (χ0v) is 11.2. The first-order valence-corrected chi connectivity index (χ1v) is 7.27. The maximum atomic E-state index is 12.3.